The van der Waals surface area contributed by atoms with Crippen LogP contribution in [0.25, 0.3) is 0 Å². The summed E-state index contributed by atoms with van der Waals surface area (Å²) in [6.45, 7) is 3.18. The SMILES string of the molecule is CC1CCNC2(CCS(=O)(=O)c3ccccc32)S1. The third-order valence-corrected chi connectivity index (χ3v) is 7.12. The van der Waals surface area contributed by atoms with Gasteiger partial charge in [0.2, 0.25) is 0 Å². The Kier molecular flexibility index (Phi) is 2.95. The minimum atomic E-state index is -3.09. The van der Waals surface area contributed by atoms with Crippen molar-refractivity contribution in [1.82, 2.24) is 5.32 Å². The van der Waals surface area contributed by atoms with Crippen molar-refractivity contribution < 1.29 is 8.42 Å². The van der Waals surface area contributed by atoms with E-state index in [9.17, 15) is 8.42 Å². The van der Waals surface area contributed by atoms with Crippen LogP contribution in [0.2, 0.25) is 0 Å². The van der Waals surface area contributed by atoms with E-state index in [1.807, 2.05) is 30.0 Å². The Morgan fingerprint density at radius 2 is 2.17 bits per heavy atom. The van der Waals surface area contributed by atoms with Crippen LogP contribution >= 0.6 is 11.8 Å². The highest BCUT2D eigenvalue weighted by molar-refractivity contribution is 8.01. The monoisotopic (exact) mass is 283 g/mol. The fourth-order valence-electron chi connectivity index (χ4n) is 2.82. The molecule has 0 bridgehead atoms. The molecule has 2 heterocycles. The van der Waals surface area contributed by atoms with E-state index >= 15 is 0 Å². The number of hydrogen-bond acceptors (Lipinski definition) is 4. The van der Waals surface area contributed by atoms with Crippen LogP contribution in [0.5, 0.6) is 0 Å². The van der Waals surface area contributed by atoms with Crippen molar-refractivity contribution in [1.29, 1.82) is 0 Å². The van der Waals surface area contributed by atoms with Gasteiger partial charge < -0.3 is 0 Å². The highest BCUT2D eigenvalue weighted by atomic mass is 32.2. The number of hydrogen-bond donors (Lipinski definition) is 1. The molecule has 18 heavy (non-hydrogen) atoms. The molecule has 0 aromatic heterocycles. The van der Waals surface area contributed by atoms with Gasteiger partial charge in [0.05, 0.1) is 15.5 Å². The molecular weight excluding hydrogens is 266 g/mol. The van der Waals surface area contributed by atoms with Crippen molar-refractivity contribution in [2.75, 3.05) is 12.3 Å². The molecule has 0 saturated carbocycles. The van der Waals surface area contributed by atoms with Gasteiger partial charge in [-0.1, -0.05) is 25.1 Å². The Labute approximate surface area is 112 Å². The standard InChI is InChI=1S/C13H17NO2S2/c1-10-6-8-14-13(17-10)7-9-18(15,16)12-5-3-2-4-11(12)13/h2-5,10,14H,6-9H2,1H3. The molecule has 2 atom stereocenters. The van der Waals surface area contributed by atoms with Crippen LogP contribution < -0.4 is 5.32 Å². The maximum Gasteiger partial charge on any atom is 0.178 e. The number of rotatable bonds is 0. The molecule has 1 saturated heterocycles. The van der Waals surface area contributed by atoms with Crippen LogP contribution in [0, 0.1) is 0 Å². The molecule has 1 N–H and O–H groups in total. The van der Waals surface area contributed by atoms with Crippen LogP contribution in [-0.2, 0) is 14.7 Å². The van der Waals surface area contributed by atoms with Gasteiger partial charge in [-0.05, 0) is 25.5 Å². The lowest BCUT2D eigenvalue weighted by Gasteiger charge is -2.44. The highest BCUT2D eigenvalue weighted by Gasteiger charge is 2.44. The second kappa shape index (κ2) is 4.25. The van der Waals surface area contributed by atoms with Crippen molar-refractivity contribution in [3.05, 3.63) is 29.8 Å². The maximum atomic E-state index is 12.1. The summed E-state index contributed by atoms with van der Waals surface area (Å²) in [6, 6.07) is 7.45. The third-order valence-electron chi connectivity index (χ3n) is 3.74. The molecule has 1 aromatic rings. The molecule has 3 nitrogen and oxygen atoms in total. The molecule has 0 radical (unpaired) electrons. The third kappa shape index (κ3) is 1.89. The number of fused-ring (bicyclic) bond motifs is 2. The molecule has 1 fully saturated rings. The van der Waals surface area contributed by atoms with Gasteiger partial charge in [-0.25, -0.2) is 8.42 Å². The molecule has 0 aliphatic carbocycles. The second-order valence-electron chi connectivity index (χ2n) is 5.04. The fourth-order valence-corrected chi connectivity index (χ4v) is 6.31. The van der Waals surface area contributed by atoms with Gasteiger partial charge in [-0.15, -0.1) is 11.8 Å². The first-order valence-corrected chi connectivity index (χ1v) is 8.82. The number of benzene rings is 1. The van der Waals surface area contributed by atoms with E-state index in [-0.39, 0.29) is 10.6 Å². The molecule has 1 spiro atoms. The van der Waals surface area contributed by atoms with E-state index in [0.717, 1.165) is 18.5 Å². The molecule has 2 aliphatic rings. The maximum absolute atomic E-state index is 12.1. The van der Waals surface area contributed by atoms with E-state index in [1.54, 1.807) is 6.07 Å². The average Bonchev–Trinajstić information content (AvgIpc) is 2.36. The van der Waals surface area contributed by atoms with Crippen LogP contribution in [0.15, 0.2) is 29.2 Å². The molecule has 3 rings (SSSR count). The lowest BCUT2D eigenvalue weighted by atomic mass is 10.0. The minimum absolute atomic E-state index is 0.195. The van der Waals surface area contributed by atoms with E-state index in [1.165, 1.54) is 0 Å². The van der Waals surface area contributed by atoms with Gasteiger partial charge in [0.25, 0.3) is 0 Å². The van der Waals surface area contributed by atoms with Crippen LogP contribution in [0.4, 0.5) is 0 Å². The zero-order chi connectivity index (χ0) is 12.8. The van der Waals surface area contributed by atoms with Crippen molar-refractivity contribution in [3.8, 4) is 0 Å². The topological polar surface area (TPSA) is 46.2 Å². The van der Waals surface area contributed by atoms with Crippen molar-refractivity contribution in [3.63, 3.8) is 0 Å². The molecule has 98 valence electrons. The fraction of sp³-hybridized carbons (Fsp3) is 0.538. The zero-order valence-corrected chi connectivity index (χ0v) is 12.0. The van der Waals surface area contributed by atoms with Crippen LogP contribution in [0.3, 0.4) is 0 Å². The zero-order valence-electron chi connectivity index (χ0n) is 10.3. The predicted octanol–water partition coefficient (Wildman–Crippen LogP) is 2.13. The Morgan fingerprint density at radius 3 is 2.94 bits per heavy atom. The Balaban J connectivity index is 2.15. The van der Waals surface area contributed by atoms with Gasteiger partial charge in [-0.2, -0.15) is 0 Å². The van der Waals surface area contributed by atoms with Gasteiger partial charge in [0.1, 0.15) is 0 Å². The normalized spacial score (nSPS) is 34.2. The van der Waals surface area contributed by atoms with E-state index in [0.29, 0.717) is 16.6 Å². The van der Waals surface area contributed by atoms with Crippen molar-refractivity contribution >= 4 is 21.6 Å². The predicted molar refractivity (Wildman–Crippen MR) is 74.5 cm³/mol. The largest absolute Gasteiger partial charge is 0.299 e. The average molecular weight is 283 g/mol. The summed E-state index contributed by atoms with van der Waals surface area (Å²) in [5.41, 5.74) is 0.952. The smallest absolute Gasteiger partial charge is 0.178 e. The van der Waals surface area contributed by atoms with Gasteiger partial charge in [0.15, 0.2) is 9.84 Å². The van der Waals surface area contributed by atoms with E-state index in [4.69, 9.17) is 0 Å². The van der Waals surface area contributed by atoms with E-state index in [2.05, 4.69) is 12.2 Å². The first-order chi connectivity index (χ1) is 8.54. The number of thioether (sulfide) groups is 1. The Bertz CT molecular complexity index is 570. The van der Waals surface area contributed by atoms with Gasteiger partial charge >= 0.3 is 0 Å². The first-order valence-electron chi connectivity index (χ1n) is 6.29. The van der Waals surface area contributed by atoms with Crippen molar-refractivity contribution in [2.24, 2.45) is 0 Å². The van der Waals surface area contributed by atoms with E-state index < -0.39 is 9.84 Å². The van der Waals surface area contributed by atoms with Gasteiger partial charge in [0, 0.05) is 10.8 Å². The summed E-state index contributed by atoms with van der Waals surface area (Å²) in [6.07, 6.45) is 1.81. The molecule has 1 aromatic carbocycles. The minimum Gasteiger partial charge on any atom is -0.299 e. The highest BCUT2D eigenvalue weighted by Crippen LogP contribution is 2.48. The first kappa shape index (κ1) is 12.5. The summed E-state index contributed by atoms with van der Waals surface area (Å²) in [4.78, 5) is 0.324. The summed E-state index contributed by atoms with van der Waals surface area (Å²) in [5, 5.41) is 4.13. The summed E-state index contributed by atoms with van der Waals surface area (Å²) in [5.74, 6) is 0.247. The molecule has 2 unspecified atom stereocenters. The summed E-state index contributed by atoms with van der Waals surface area (Å²) < 4.78 is 24.3. The van der Waals surface area contributed by atoms with Crippen LogP contribution in [0.1, 0.15) is 25.3 Å². The number of sulfone groups is 1. The molecule has 5 heteroatoms. The second-order valence-corrected chi connectivity index (χ2v) is 8.85. The Hall–Kier alpha value is -0.520. The lowest BCUT2D eigenvalue weighted by Crippen LogP contribution is -2.49. The lowest BCUT2D eigenvalue weighted by molar-refractivity contribution is 0.424. The number of nitrogens with one attached hydrogen (secondary N) is 1. The summed E-state index contributed by atoms with van der Waals surface area (Å²) >= 11 is 1.88. The molecular formula is C13H17NO2S2. The van der Waals surface area contributed by atoms with Gasteiger partial charge in [-0.3, -0.25) is 5.32 Å². The molecule has 0 amide bonds. The van der Waals surface area contributed by atoms with Crippen LogP contribution in [-0.4, -0.2) is 26.0 Å². The van der Waals surface area contributed by atoms with Crippen molar-refractivity contribution in [2.45, 2.75) is 34.8 Å². The Morgan fingerprint density at radius 1 is 1.39 bits per heavy atom. The summed E-state index contributed by atoms with van der Waals surface area (Å²) in [7, 11) is -3.09. The molecule has 2 aliphatic heterocycles. The quantitative estimate of drug-likeness (QED) is 0.792.